The van der Waals surface area contributed by atoms with E-state index in [2.05, 4.69) is 0 Å². The quantitative estimate of drug-likeness (QED) is 0.278. The fraction of sp³-hybridized carbons (Fsp3) is 0.250. The number of carbonyl (C=O) groups excluding carboxylic acids is 2. The maximum Gasteiger partial charge on any atom is 0.296 e. The highest BCUT2D eigenvalue weighted by molar-refractivity contribution is 7.10. The van der Waals surface area contributed by atoms with Gasteiger partial charge in [-0.05, 0) is 48.9 Å². The number of rotatable bonds is 8. The van der Waals surface area contributed by atoms with Crippen LogP contribution in [0.4, 0.5) is 0 Å². The van der Waals surface area contributed by atoms with Crippen LogP contribution >= 0.6 is 22.7 Å². The molecule has 1 fully saturated rings. The SMILES string of the molecule is CCOc1ccc(/C(O)=C2/C(=O)C(=O)N(Cc3cccs3)C2c2cccs2)c(OCC)c1. The number of Topliss-reactive ketones (excluding diaryl/α,β-unsaturated/α-hetero) is 1. The summed E-state index contributed by atoms with van der Waals surface area (Å²) < 4.78 is 11.3. The van der Waals surface area contributed by atoms with Crippen molar-refractivity contribution in [1.82, 2.24) is 4.90 Å². The molecule has 32 heavy (non-hydrogen) atoms. The molecule has 0 saturated carbocycles. The van der Waals surface area contributed by atoms with Gasteiger partial charge in [-0.1, -0.05) is 12.1 Å². The Hall–Kier alpha value is -3.10. The van der Waals surface area contributed by atoms with E-state index in [0.29, 0.717) is 36.8 Å². The van der Waals surface area contributed by atoms with Crippen molar-refractivity contribution in [3.05, 3.63) is 74.1 Å². The largest absolute Gasteiger partial charge is 0.507 e. The molecule has 1 atom stereocenters. The number of amides is 1. The summed E-state index contributed by atoms with van der Waals surface area (Å²) in [6, 6.07) is 12.0. The highest BCUT2D eigenvalue weighted by Gasteiger charge is 2.46. The maximum atomic E-state index is 13.1. The fourth-order valence-corrected chi connectivity index (χ4v) is 5.28. The lowest BCUT2D eigenvalue weighted by molar-refractivity contribution is -0.140. The van der Waals surface area contributed by atoms with Gasteiger partial charge in [-0.15, -0.1) is 22.7 Å². The molecule has 0 bridgehead atoms. The molecule has 1 N–H and O–H groups in total. The lowest BCUT2D eigenvalue weighted by Crippen LogP contribution is -2.28. The average Bonchev–Trinajstić information content (AvgIpc) is 3.53. The van der Waals surface area contributed by atoms with E-state index in [0.717, 1.165) is 9.75 Å². The molecule has 1 amide bonds. The van der Waals surface area contributed by atoms with Crippen LogP contribution in [0.2, 0.25) is 0 Å². The number of thiophene rings is 2. The van der Waals surface area contributed by atoms with E-state index in [-0.39, 0.29) is 11.3 Å². The van der Waals surface area contributed by atoms with Crippen molar-refractivity contribution in [2.75, 3.05) is 13.2 Å². The Morgan fingerprint density at radius 3 is 2.44 bits per heavy atom. The first-order valence-electron chi connectivity index (χ1n) is 10.3. The number of hydrogen-bond acceptors (Lipinski definition) is 7. The van der Waals surface area contributed by atoms with Crippen LogP contribution in [0.5, 0.6) is 11.5 Å². The number of benzene rings is 1. The Morgan fingerprint density at radius 2 is 1.78 bits per heavy atom. The zero-order valence-electron chi connectivity index (χ0n) is 17.7. The Labute approximate surface area is 194 Å². The summed E-state index contributed by atoms with van der Waals surface area (Å²) in [5, 5.41) is 15.1. The second-order valence-electron chi connectivity index (χ2n) is 7.05. The van der Waals surface area contributed by atoms with Gasteiger partial charge < -0.3 is 19.5 Å². The van der Waals surface area contributed by atoms with Crippen molar-refractivity contribution < 1.29 is 24.2 Å². The van der Waals surface area contributed by atoms with Crippen molar-refractivity contribution >= 4 is 40.1 Å². The minimum Gasteiger partial charge on any atom is -0.507 e. The van der Waals surface area contributed by atoms with Crippen molar-refractivity contribution in [2.45, 2.75) is 26.4 Å². The van der Waals surface area contributed by atoms with E-state index < -0.39 is 17.7 Å². The number of ether oxygens (including phenoxy) is 2. The molecule has 2 aromatic heterocycles. The van der Waals surface area contributed by atoms with E-state index in [4.69, 9.17) is 9.47 Å². The van der Waals surface area contributed by atoms with Gasteiger partial charge in [0.15, 0.2) is 0 Å². The van der Waals surface area contributed by atoms with Gasteiger partial charge >= 0.3 is 0 Å². The molecule has 3 heterocycles. The van der Waals surface area contributed by atoms with Gasteiger partial charge in [0.2, 0.25) is 0 Å². The summed E-state index contributed by atoms with van der Waals surface area (Å²) in [7, 11) is 0. The molecule has 0 aliphatic carbocycles. The first-order chi connectivity index (χ1) is 15.5. The van der Waals surface area contributed by atoms with Gasteiger partial charge in [-0.2, -0.15) is 0 Å². The predicted molar refractivity (Wildman–Crippen MR) is 125 cm³/mol. The summed E-state index contributed by atoms with van der Waals surface area (Å²) in [6.45, 7) is 4.87. The van der Waals surface area contributed by atoms with E-state index >= 15 is 0 Å². The normalized spacial score (nSPS) is 17.7. The van der Waals surface area contributed by atoms with E-state index in [9.17, 15) is 14.7 Å². The zero-order chi connectivity index (χ0) is 22.7. The topological polar surface area (TPSA) is 76.1 Å². The van der Waals surface area contributed by atoms with Crippen LogP contribution in [0, 0.1) is 0 Å². The van der Waals surface area contributed by atoms with E-state index in [1.54, 1.807) is 18.2 Å². The molecular weight excluding hydrogens is 446 g/mol. The minimum atomic E-state index is -0.700. The lowest BCUT2D eigenvalue weighted by Gasteiger charge is -2.23. The molecule has 8 heteroatoms. The van der Waals surface area contributed by atoms with Gasteiger partial charge in [0, 0.05) is 15.8 Å². The van der Waals surface area contributed by atoms with Crippen molar-refractivity contribution in [2.24, 2.45) is 0 Å². The molecule has 6 nitrogen and oxygen atoms in total. The van der Waals surface area contributed by atoms with Crippen LogP contribution in [0.3, 0.4) is 0 Å². The molecule has 4 rings (SSSR count). The number of ketones is 1. The smallest absolute Gasteiger partial charge is 0.296 e. The molecular formula is C24H23NO5S2. The molecule has 1 aliphatic heterocycles. The van der Waals surface area contributed by atoms with E-state index in [1.165, 1.54) is 27.6 Å². The summed E-state index contributed by atoms with van der Waals surface area (Å²) >= 11 is 2.96. The molecule has 3 aromatic rings. The van der Waals surface area contributed by atoms with Crippen LogP contribution < -0.4 is 9.47 Å². The monoisotopic (exact) mass is 469 g/mol. The third-order valence-electron chi connectivity index (χ3n) is 5.08. The van der Waals surface area contributed by atoms with E-state index in [1.807, 2.05) is 48.9 Å². The van der Waals surface area contributed by atoms with Gasteiger partial charge in [-0.25, -0.2) is 0 Å². The number of carbonyl (C=O) groups is 2. The summed E-state index contributed by atoms with van der Waals surface area (Å²) in [4.78, 5) is 29.5. The number of aliphatic hydroxyl groups is 1. The van der Waals surface area contributed by atoms with Gasteiger partial charge in [-0.3, -0.25) is 9.59 Å². The van der Waals surface area contributed by atoms with Crippen LogP contribution in [0.15, 0.2) is 58.8 Å². The van der Waals surface area contributed by atoms with Crippen LogP contribution in [0.1, 0.15) is 35.2 Å². The van der Waals surface area contributed by atoms with Gasteiger partial charge in [0.25, 0.3) is 11.7 Å². The maximum absolute atomic E-state index is 13.1. The molecule has 0 spiro atoms. The molecule has 1 aromatic carbocycles. The summed E-state index contributed by atoms with van der Waals surface area (Å²) in [6.07, 6.45) is 0. The highest BCUT2D eigenvalue weighted by atomic mass is 32.1. The van der Waals surface area contributed by atoms with Crippen LogP contribution in [-0.2, 0) is 16.1 Å². The van der Waals surface area contributed by atoms with Gasteiger partial charge in [0.1, 0.15) is 23.3 Å². The Kier molecular flexibility index (Phi) is 6.62. The Balaban J connectivity index is 1.84. The molecule has 0 radical (unpaired) electrons. The number of likely N-dealkylation sites (tertiary alicyclic amines) is 1. The second-order valence-corrected chi connectivity index (χ2v) is 9.06. The van der Waals surface area contributed by atoms with Crippen molar-refractivity contribution in [1.29, 1.82) is 0 Å². The van der Waals surface area contributed by atoms with Crippen molar-refractivity contribution in [3.63, 3.8) is 0 Å². The van der Waals surface area contributed by atoms with Gasteiger partial charge in [0.05, 0.1) is 30.9 Å². The minimum absolute atomic E-state index is 0.0686. The highest BCUT2D eigenvalue weighted by Crippen LogP contribution is 2.43. The van der Waals surface area contributed by atoms with Crippen molar-refractivity contribution in [3.8, 4) is 11.5 Å². The van der Waals surface area contributed by atoms with Crippen LogP contribution in [-0.4, -0.2) is 34.9 Å². The number of hydrogen-bond donors (Lipinski definition) is 1. The first kappa shape index (κ1) is 22.1. The Bertz CT molecular complexity index is 1140. The zero-order valence-corrected chi connectivity index (χ0v) is 19.4. The summed E-state index contributed by atoms with van der Waals surface area (Å²) in [5.74, 6) is -0.580. The van der Waals surface area contributed by atoms with Crippen LogP contribution in [0.25, 0.3) is 5.76 Å². The lowest BCUT2D eigenvalue weighted by atomic mass is 9.99. The molecule has 1 unspecified atom stereocenters. The number of nitrogens with zero attached hydrogens (tertiary/aromatic N) is 1. The molecule has 166 valence electrons. The standard InChI is InChI=1S/C24H23NO5S2/c1-3-29-15-9-10-17(18(13-15)30-4-2)22(26)20-21(19-8-6-12-32-19)25(24(28)23(20)27)14-16-7-5-11-31-16/h5-13,21,26H,3-4,14H2,1-2H3/b22-20-. The molecule has 1 saturated heterocycles. The fourth-order valence-electron chi connectivity index (χ4n) is 3.73. The molecule has 1 aliphatic rings. The third-order valence-corrected chi connectivity index (χ3v) is 6.86. The second kappa shape index (κ2) is 9.58. The Morgan fingerprint density at radius 1 is 1.03 bits per heavy atom. The predicted octanol–water partition coefficient (Wildman–Crippen LogP) is 5.23. The average molecular weight is 470 g/mol. The summed E-state index contributed by atoms with van der Waals surface area (Å²) in [5.41, 5.74) is 0.421. The first-order valence-corrected chi connectivity index (χ1v) is 12.0. The third kappa shape index (κ3) is 4.16. The number of aliphatic hydroxyl groups excluding tert-OH is 1.